The number of phenols is 1. The number of rotatable bonds is 2. The molecule has 86 valence electrons. The minimum Gasteiger partial charge on any atom is -0.508 e. The Morgan fingerprint density at radius 3 is 3.06 bits per heavy atom. The zero-order chi connectivity index (χ0) is 11.0. The smallest absolute Gasteiger partial charge is 0.119 e. The number of aryl methyl sites for hydroxylation is 1. The Bertz CT molecular complexity index is 394. The highest BCUT2D eigenvalue weighted by Crippen LogP contribution is 2.33. The molecule has 0 spiro atoms. The third kappa shape index (κ3) is 1.71. The Hall–Kier alpha value is -1.02. The van der Waals surface area contributed by atoms with Crippen LogP contribution in [0.2, 0.25) is 0 Å². The van der Waals surface area contributed by atoms with Crippen LogP contribution in [0.5, 0.6) is 5.75 Å². The highest BCUT2D eigenvalue weighted by atomic mass is 16.3. The van der Waals surface area contributed by atoms with Crippen molar-refractivity contribution in [1.82, 2.24) is 5.32 Å². The number of fused-ring (bicyclic) bond motifs is 1. The minimum absolute atomic E-state index is 0.521. The molecule has 0 radical (unpaired) electrons. The molecule has 2 aliphatic rings. The van der Waals surface area contributed by atoms with Gasteiger partial charge in [-0.3, -0.25) is 0 Å². The summed E-state index contributed by atoms with van der Waals surface area (Å²) in [6.07, 6.45) is 5.94. The predicted molar refractivity (Wildman–Crippen MR) is 64.8 cm³/mol. The first kappa shape index (κ1) is 10.2. The van der Waals surface area contributed by atoms with Gasteiger partial charge in [-0.2, -0.15) is 0 Å². The summed E-state index contributed by atoms with van der Waals surface area (Å²) in [6, 6.07) is 4.00. The first-order valence-electron chi connectivity index (χ1n) is 6.38. The van der Waals surface area contributed by atoms with Gasteiger partial charge in [-0.15, -0.1) is 0 Å². The molecule has 1 aliphatic carbocycles. The number of phenolic OH excluding ortho intramolecular Hbond substituents is 1. The van der Waals surface area contributed by atoms with E-state index in [1.165, 1.54) is 42.4 Å². The molecule has 1 atom stereocenters. The predicted octanol–water partition coefficient (Wildman–Crippen LogP) is 2.03. The summed E-state index contributed by atoms with van der Waals surface area (Å²) in [4.78, 5) is 0. The van der Waals surface area contributed by atoms with Crippen molar-refractivity contribution in [2.45, 2.75) is 32.1 Å². The van der Waals surface area contributed by atoms with Gasteiger partial charge in [-0.1, -0.05) is 6.07 Å². The Labute approximate surface area is 96.7 Å². The molecule has 1 aromatic rings. The van der Waals surface area contributed by atoms with Crippen molar-refractivity contribution < 1.29 is 5.11 Å². The van der Waals surface area contributed by atoms with E-state index in [9.17, 15) is 5.11 Å². The molecule has 1 saturated heterocycles. The lowest BCUT2D eigenvalue weighted by molar-refractivity contribution is 0.457. The third-order valence-corrected chi connectivity index (χ3v) is 4.03. The normalized spacial score (nSPS) is 23.6. The molecule has 1 aromatic carbocycles. The summed E-state index contributed by atoms with van der Waals surface area (Å²) < 4.78 is 0. The number of benzene rings is 1. The van der Waals surface area contributed by atoms with Crippen LogP contribution in [0.25, 0.3) is 0 Å². The maximum Gasteiger partial charge on any atom is 0.119 e. The van der Waals surface area contributed by atoms with Crippen LogP contribution in [0.15, 0.2) is 12.1 Å². The molecule has 0 saturated carbocycles. The van der Waals surface area contributed by atoms with Crippen molar-refractivity contribution in [3.8, 4) is 5.75 Å². The fraction of sp³-hybridized carbons (Fsp3) is 0.571. The fourth-order valence-electron chi connectivity index (χ4n) is 3.14. The van der Waals surface area contributed by atoms with Crippen LogP contribution in [-0.2, 0) is 19.3 Å². The van der Waals surface area contributed by atoms with E-state index in [2.05, 4.69) is 11.4 Å². The average Bonchev–Trinajstić information content (AvgIpc) is 2.92. The number of hydrogen-bond donors (Lipinski definition) is 2. The van der Waals surface area contributed by atoms with Crippen molar-refractivity contribution in [2.24, 2.45) is 5.92 Å². The fourth-order valence-corrected chi connectivity index (χ4v) is 3.14. The van der Waals surface area contributed by atoms with Gasteiger partial charge in [0, 0.05) is 0 Å². The monoisotopic (exact) mass is 217 g/mol. The van der Waals surface area contributed by atoms with Crippen LogP contribution in [0.1, 0.15) is 29.5 Å². The number of aromatic hydroxyl groups is 1. The molecule has 1 heterocycles. The molecule has 1 aliphatic heterocycles. The molecule has 2 N–H and O–H groups in total. The lowest BCUT2D eigenvalue weighted by Gasteiger charge is -2.14. The van der Waals surface area contributed by atoms with Crippen molar-refractivity contribution in [3.05, 3.63) is 28.8 Å². The Morgan fingerprint density at radius 2 is 2.25 bits per heavy atom. The van der Waals surface area contributed by atoms with Gasteiger partial charge < -0.3 is 10.4 Å². The van der Waals surface area contributed by atoms with Crippen LogP contribution in [0.4, 0.5) is 0 Å². The standard InChI is InChI=1S/C14H19NO/c16-14-5-4-11-2-1-3-12(11)13(14)8-10-6-7-15-9-10/h4-5,10,15-16H,1-3,6-9H2. The SMILES string of the molecule is Oc1ccc2c(c1CC1CCNC1)CCC2. The third-order valence-electron chi connectivity index (χ3n) is 4.03. The van der Waals surface area contributed by atoms with Crippen LogP contribution in [0, 0.1) is 5.92 Å². The Morgan fingerprint density at radius 1 is 1.31 bits per heavy atom. The quantitative estimate of drug-likeness (QED) is 0.794. The second-order valence-electron chi connectivity index (χ2n) is 5.12. The molecular formula is C14H19NO. The minimum atomic E-state index is 0.521. The van der Waals surface area contributed by atoms with Gasteiger partial charge in [0.25, 0.3) is 0 Å². The maximum atomic E-state index is 10.0. The van der Waals surface area contributed by atoms with E-state index in [0.29, 0.717) is 5.75 Å². The van der Waals surface area contributed by atoms with E-state index in [1.807, 2.05) is 6.07 Å². The molecule has 0 bridgehead atoms. The van der Waals surface area contributed by atoms with E-state index >= 15 is 0 Å². The average molecular weight is 217 g/mol. The molecule has 16 heavy (non-hydrogen) atoms. The Balaban J connectivity index is 1.90. The molecule has 3 rings (SSSR count). The van der Waals surface area contributed by atoms with E-state index in [0.717, 1.165) is 25.4 Å². The van der Waals surface area contributed by atoms with Crippen LogP contribution in [0.3, 0.4) is 0 Å². The van der Waals surface area contributed by atoms with Gasteiger partial charge in [0.15, 0.2) is 0 Å². The molecule has 0 aromatic heterocycles. The first-order valence-corrected chi connectivity index (χ1v) is 6.38. The zero-order valence-electron chi connectivity index (χ0n) is 9.63. The van der Waals surface area contributed by atoms with Crippen LogP contribution >= 0.6 is 0 Å². The summed E-state index contributed by atoms with van der Waals surface area (Å²) in [5.74, 6) is 1.24. The highest BCUT2D eigenvalue weighted by Gasteiger charge is 2.22. The molecule has 2 heteroatoms. The van der Waals surface area contributed by atoms with Gasteiger partial charge in [0.05, 0.1) is 0 Å². The van der Waals surface area contributed by atoms with Gasteiger partial charge in [-0.05, 0) is 73.9 Å². The summed E-state index contributed by atoms with van der Waals surface area (Å²) in [6.45, 7) is 2.25. The second-order valence-corrected chi connectivity index (χ2v) is 5.12. The van der Waals surface area contributed by atoms with Crippen LogP contribution < -0.4 is 5.32 Å². The van der Waals surface area contributed by atoms with E-state index < -0.39 is 0 Å². The van der Waals surface area contributed by atoms with Crippen molar-refractivity contribution >= 4 is 0 Å². The topological polar surface area (TPSA) is 32.3 Å². The number of nitrogens with one attached hydrogen (secondary N) is 1. The van der Waals surface area contributed by atoms with Gasteiger partial charge in [0.2, 0.25) is 0 Å². The maximum absolute atomic E-state index is 10.0. The molecular weight excluding hydrogens is 198 g/mol. The molecule has 1 fully saturated rings. The van der Waals surface area contributed by atoms with E-state index in [1.54, 1.807) is 0 Å². The van der Waals surface area contributed by atoms with E-state index in [4.69, 9.17) is 0 Å². The highest BCUT2D eigenvalue weighted by molar-refractivity contribution is 5.46. The molecule has 0 amide bonds. The summed E-state index contributed by atoms with van der Waals surface area (Å²) in [5, 5.41) is 13.4. The molecule has 1 unspecified atom stereocenters. The van der Waals surface area contributed by atoms with Crippen molar-refractivity contribution in [3.63, 3.8) is 0 Å². The van der Waals surface area contributed by atoms with E-state index in [-0.39, 0.29) is 0 Å². The lowest BCUT2D eigenvalue weighted by atomic mass is 9.92. The zero-order valence-corrected chi connectivity index (χ0v) is 9.63. The second kappa shape index (κ2) is 4.10. The van der Waals surface area contributed by atoms with Crippen molar-refractivity contribution in [2.75, 3.05) is 13.1 Å². The largest absolute Gasteiger partial charge is 0.508 e. The Kier molecular flexibility index (Phi) is 2.60. The summed E-state index contributed by atoms with van der Waals surface area (Å²) >= 11 is 0. The van der Waals surface area contributed by atoms with Crippen LogP contribution in [-0.4, -0.2) is 18.2 Å². The van der Waals surface area contributed by atoms with Gasteiger partial charge >= 0.3 is 0 Å². The van der Waals surface area contributed by atoms with Gasteiger partial charge in [-0.25, -0.2) is 0 Å². The van der Waals surface area contributed by atoms with Crippen molar-refractivity contribution in [1.29, 1.82) is 0 Å². The summed E-state index contributed by atoms with van der Waals surface area (Å²) in [7, 11) is 0. The number of hydrogen-bond acceptors (Lipinski definition) is 2. The lowest BCUT2D eigenvalue weighted by Crippen LogP contribution is -2.11. The summed E-state index contributed by atoms with van der Waals surface area (Å²) in [5.41, 5.74) is 4.16. The molecule has 2 nitrogen and oxygen atoms in total. The van der Waals surface area contributed by atoms with Gasteiger partial charge in [0.1, 0.15) is 5.75 Å². The first-order chi connectivity index (χ1) is 7.84.